The van der Waals surface area contributed by atoms with E-state index in [-0.39, 0.29) is 0 Å². The predicted molar refractivity (Wildman–Crippen MR) is 65.4 cm³/mol. The van der Waals surface area contributed by atoms with E-state index in [0.29, 0.717) is 17.0 Å². The first-order valence-electron chi connectivity index (χ1n) is 5.23. The fourth-order valence-electron chi connectivity index (χ4n) is 1.54. The number of nitrogens with one attached hydrogen (secondary N) is 2. The topological polar surface area (TPSA) is 73.7 Å². The second kappa shape index (κ2) is 8.00. The highest BCUT2D eigenvalue weighted by Crippen LogP contribution is 2.26. The van der Waals surface area contributed by atoms with Crippen LogP contribution in [0.3, 0.4) is 0 Å². The summed E-state index contributed by atoms with van der Waals surface area (Å²) >= 11 is 1.22. The lowest BCUT2D eigenvalue weighted by atomic mass is 9.87. The zero-order valence-corrected chi connectivity index (χ0v) is 9.86. The van der Waals surface area contributed by atoms with E-state index >= 15 is 0 Å². The molecule has 82 valence electrons. The molecule has 0 aromatic heterocycles. The molecule has 1 aliphatic carbocycles. The van der Waals surface area contributed by atoms with E-state index in [4.69, 9.17) is 16.6 Å². The van der Waals surface area contributed by atoms with Crippen LogP contribution in [-0.4, -0.2) is 16.6 Å². The Bertz CT molecular complexity index is 174. The largest absolute Gasteiger partial charge is 0.328 e. The number of rotatable bonds is 2. The zero-order chi connectivity index (χ0) is 11.0. The summed E-state index contributed by atoms with van der Waals surface area (Å²) in [6.07, 6.45) is 4.12. The van der Waals surface area contributed by atoms with Gasteiger partial charge in [-0.1, -0.05) is 25.6 Å². The molecule has 0 spiro atoms. The highest BCUT2D eigenvalue weighted by Gasteiger charge is 2.21. The maximum Gasteiger partial charge on any atom is 0.0728 e. The Labute approximate surface area is 90.9 Å². The van der Waals surface area contributed by atoms with Crippen molar-refractivity contribution in [3.8, 4) is 0 Å². The molecule has 0 aromatic rings. The summed E-state index contributed by atoms with van der Waals surface area (Å²) in [4.78, 5) is 0. The first-order valence-corrected chi connectivity index (χ1v) is 6.11. The summed E-state index contributed by atoms with van der Waals surface area (Å²) in [5, 5.41) is 15.1. The second-order valence-corrected chi connectivity index (χ2v) is 4.12. The van der Waals surface area contributed by atoms with Crippen LogP contribution in [0.4, 0.5) is 0 Å². The summed E-state index contributed by atoms with van der Waals surface area (Å²) in [5.74, 6) is 0.372. The Balaban J connectivity index is 0.000000791. The van der Waals surface area contributed by atoms with Crippen LogP contribution in [0.2, 0.25) is 0 Å². The molecular formula is C10H21N3S. The normalized spacial score (nSPS) is 25.9. The second-order valence-electron chi connectivity index (χ2n) is 3.21. The molecule has 0 aromatic carbocycles. The van der Waals surface area contributed by atoms with Crippen molar-refractivity contribution in [2.45, 2.75) is 45.6 Å². The molecule has 4 heteroatoms. The number of thioether (sulfide) groups is 1. The van der Waals surface area contributed by atoms with Gasteiger partial charge in [0.2, 0.25) is 0 Å². The minimum absolute atomic E-state index is 0.346. The van der Waals surface area contributed by atoms with Gasteiger partial charge in [-0.25, -0.2) is 0 Å². The van der Waals surface area contributed by atoms with E-state index in [0.717, 1.165) is 25.7 Å². The van der Waals surface area contributed by atoms with E-state index < -0.39 is 0 Å². The predicted octanol–water partition coefficient (Wildman–Crippen LogP) is 2.85. The quantitative estimate of drug-likeness (QED) is 0.489. The third-order valence-corrected chi connectivity index (χ3v) is 3.03. The van der Waals surface area contributed by atoms with Gasteiger partial charge in [0, 0.05) is 12.0 Å². The van der Waals surface area contributed by atoms with Gasteiger partial charge in [-0.05, 0) is 25.7 Å². The van der Waals surface area contributed by atoms with Gasteiger partial charge in [0.15, 0.2) is 0 Å². The van der Waals surface area contributed by atoms with Crippen LogP contribution in [-0.2, 0) is 0 Å². The molecule has 3 nitrogen and oxygen atoms in total. The van der Waals surface area contributed by atoms with Gasteiger partial charge in [-0.3, -0.25) is 5.41 Å². The molecule has 0 atom stereocenters. The van der Waals surface area contributed by atoms with Gasteiger partial charge < -0.3 is 11.1 Å². The van der Waals surface area contributed by atoms with E-state index in [1.165, 1.54) is 17.3 Å². The summed E-state index contributed by atoms with van der Waals surface area (Å²) in [6, 6.07) is 0.346. The average molecular weight is 215 g/mol. The molecule has 0 radical (unpaired) electrons. The molecule has 0 aliphatic heterocycles. The van der Waals surface area contributed by atoms with Crippen molar-refractivity contribution >= 4 is 22.4 Å². The molecule has 0 heterocycles. The third-order valence-electron chi connectivity index (χ3n) is 2.33. The third kappa shape index (κ3) is 4.77. The summed E-state index contributed by atoms with van der Waals surface area (Å²) < 4.78 is 0. The lowest BCUT2D eigenvalue weighted by molar-refractivity contribution is 0.393. The van der Waals surface area contributed by atoms with Crippen molar-refractivity contribution in [1.29, 1.82) is 10.8 Å². The van der Waals surface area contributed by atoms with Crippen LogP contribution in [0.25, 0.3) is 0 Å². The summed E-state index contributed by atoms with van der Waals surface area (Å²) in [6.45, 7) is 4.00. The number of hydrogen-bond donors (Lipinski definition) is 3. The molecule has 0 amide bonds. The van der Waals surface area contributed by atoms with E-state index in [1.807, 2.05) is 13.8 Å². The molecule has 0 unspecified atom stereocenters. The van der Waals surface area contributed by atoms with Gasteiger partial charge in [-0.2, -0.15) is 0 Å². The Kier molecular flexibility index (Phi) is 7.80. The Morgan fingerprint density at radius 2 is 1.79 bits per heavy atom. The fraction of sp³-hybridized carbons (Fsp3) is 0.800. The van der Waals surface area contributed by atoms with Crippen LogP contribution in [0.1, 0.15) is 39.5 Å². The van der Waals surface area contributed by atoms with Crippen LogP contribution in [0.5, 0.6) is 0 Å². The fourth-order valence-corrected chi connectivity index (χ4v) is 2.10. The van der Waals surface area contributed by atoms with Crippen LogP contribution in [0.15, 0.2) is 0 Å². The molecule has 1 fully saturated rings. The first-order chi connectivity index (χ1) is 6.74. The highest BCUT2D eigenvalue weighted by molar-refractivity contribution is 8.24. The molecule has 4 N–H and O–H groups in total. The molecule has 1 rings (SSSR count). The monoisotopic (exact) mass is 215 g/mol. The molecular weight excluding hydrogens is 194 g/mol. The van der Waals surface area contributed by atoms with Gasteiger partial charge in [0.05, 0.1) is 10.6 Å². The van der Waals surface area contributed by atoms with Crippen molar-refractivity contribution in [3.63, 3.8) is 0 Å². The summed E-state index contributed by atoms with van der Waals surface area (Å²) in [7, 11) is 0. The van der Waals surface area contributed by atoms with Crippen LogP contribution >= 0.6 is 11.8 Å². The highest BCUT2D eigenvalue weighted by atomic mass is 32.2. The Morgan fingerprint density at radius 3 is 2.21 bits per heavy atom. The average Bonchev–Trinajstić information content (AvgIpc) is 2.22. The van der Waals surface area contributed by atoms with Crippen molar-refractivity contribution in [2.75, 3.05) is 0 Å². The number of hydrogen-bond acceptors (Lipinski definition) is 4. The number of nitrogens with two attached hydrogens (primary N) is 1. The van der Waals surface area contributed by atoms with Gasteiger partial charge in [0.25, 0.3) is 0 Å². The maximum atomic E-state index is 7.62. The van der Waals surface area contributed by atoms with Gasteiger partial charge in [-0.15, -0.1) is 0 Å². The molecule has 0 bridgehead atoms. The smallest absolute Gasteiger partial charge is 0.0728 e. The standard InChI is InChI=1S/C8H15N3S.C2H6/c9-5-12-8(11)6-1-3-7(10)4-2-6;1-2/h5-7,9,11H,1-4,10H2;1-2H3. The minimum Gasteiger partial charge on any atom is -0.328 e. The van der Waals surface area contributed by atoms with E-state index in [9.17, 15) is 0 Å². The SMILES string of the molecule is CC.N=CSC(=N)C1CCC(N)CC1. The molecule has 1 saturated carbocycles. The van der Waals surface area contributed by atoms with Crippen LogP contribution < -0.4 is 5.73 Å². The van der Waals surface area contributed by atoms with Gasteiger partial charge >= 0.3 is 0 Å². The van der Waals surface area contributed by atoms with Crippen molar-refractivity contribution in [3.05, 3.63) is 0 Å². The molecule has 1 aliphatic rings. The Hall–Kier alpha value is -0.350. The maximum absolute atomic E-state index is 7.62. The van der Waals surface area contributed by atoms with E-state index in [2.05, 4.69) is 0 Å². The molecule has 14 heavy (non-hydrogen) atoms. The lowest BCUT2D eigenvalue weighted by Gasteiger charge is -2.25. The van der Waals surface area contributed by atoms with Crippen LogP contribution in [0, 0.1) is 16.7 Å². The molecule has 0 saturated heterocycles. The van der Waals surface area contributed by atoms with Crippen molar-refractivity contribution in [2.24, 2.45) is 11.7 Å². The summed E-state index contributed by atoms with van der Waals surface area (Å²) in [5.41, 5.74) is 6.98. The lowest BCUT2D eigenvalue weighted by Crippen LogP contribution is -2.28. The van der Waals surface area contributed by atoms with Crippen molar-refractivity contribution < 1.29 is 0 Å². The zero-order valence-electron chi connectivity index (χ0n) is 9.05. The Morgan fingerprint density at radius 1 is 1.29 bits per heavy atom. The first kappa shape index (κ1) is 13.7. The van der Waals surface area contributed by atoms with E-state index in [1.54, 1.807) is 0 Å². The minimum atomic E-state index is 0.346. The van der Waals surface area contributed by atoms with Gasteiger partial charge in [0.1, 0.15) is 0 Å². The van der Waals surface area contributed by atoms with Crippen molar-refractivity contribution in [1.82, 2.24) is 0 Å².